The zero-order chi connectivity index (χ0) is 40.3. The average molecular weight is 793 g/mol. The van der Waals surface area contributed by atoms with Crippen LogP contribution in [-0.4, -0.2) is 52.6 Å². The van der Waals surface area contributed by atoms with Gasteiger partial charge in [-0.1, -0.05) is 130 Å². The fourth-order valence-corrected chi connectivity index (χ4v) is 9.41. The maximum absolute atomic E-state index is 13.7. The molecule has 0 atom stereocenters. The van der Waals surface area contributed by atoms with Gasteiger partial charge in [0.05, 0.1) is 17.6 Å². The minimum Gasteiger partial charge on any atom is -0.449 e. The van der Waals surface area contributed by atoms with Crippen molar-refractivity contribution in [3.05, 3.63) is 44.5 Å². The van der Waals surface area contributed by atoms with Gasteiger partial charge in [-0.25, -0.2) is 19.3 Å². The summed E-state index contributed by atoms with van der Waals surface area (Å²) in [6.45, 7) is 9.53. The molecule has 0 radical (unpaired) electrons. The van der Waals surface area contributed by atoms with Gasteiger partial charge in [0.25, 0.3) is 10.9 Å². The summed E-state index contributed by atoms with van der Waals surface area (Å²) in [6, 6.07) is 5.56. The molecule has 0 amide bonds. The molecule has 310 valence electrons. The number of carbonyl (C=O) groups is 1. The highest BCUT2D eigenvalue weighted by molar-refractivity contribution is 7.71. The van der Waals surface area contributed by atoms with E-state index in [0.29, 0.717) is 83.8 Å². The predicted octanol–water partition coefficient (Wildman–Crippen LogP) is 10.3. The molecule has 12 heteroatoms. The minimum absolute atomic E-state index is 0.169. The molecule has 4 aromatic rings. The van der Waals surface area contributed by atoms with E-state index in [1.165, 1.54) is 88.0 Å². The van der Waals surface area contributed by atoms with Crippen LogP contribution in [0.4, 0.5) is 22.0 Å². The molecule has 4 rings (SSSR count). The van der Waals surface area contributed by atoms with Gasteiger partial charge >= 0.3 is 6.09 Å². The van der Waals surface area contributed by atoms with Crippen molar-refractivity contribution in [2.24, 2.45) is 0 Å². The van der Waals surface area contributed by atoms with E-state index in [0.717, 1.165) is 31.0 Å². The number of anilines is 3. The molecule has 0 bridgehead atoms. The van der Waals surface area contributed by atoms with E-state index in [1.807, 2.05) is 32.0 Å². The van der Waals surface area contributed by atoms with E-state index >= 15 is 0 Å². The second kappa shape index (κ2) is 23.5. The first-order valence-corrected chi connectivity index (χ1v) is 24.0. The molecule has 0 aliphatic carbocycles. The first-order valence-electron chi connectivity index (χ1n) is 21.9. The molecular formula is C44H69N6O5P. The third kappa shape index (κ3) is 12.1. The van der Waals surface area contributed by atoms with Crippen LogP contribution < -0.4 is 32.5 Å². The minimum atomic E-state index is -2.55. The van der Waals surface area contributed by atoms with Gasteiger partial charge in [0.2, 0.25) is 0 Å². The highest BCUT2D eigenvalue weighted by Crippen LogP contribution is 2.44. The number of nitrogens with one attached hydrogen (secondary N) is 2. The Labute approximate surface area is 334 Å². The van der Waals surface area contributed by atoms with E-state index in [-0.39, 0.29) is 12.4 Å². The summed E-state index contributed by atoms with van der Waals surface area (Å²) in [5.74, 6) is 0.778. The molecule has 11 nitrogen and oxygen atoms in total. The molecule has 0 aliphatic rings. The summed E-state index contributed by atoms with van der Waals surface area (Å²) in [7, 11) is -2.55. The fourth-order valence-electron chi connectivity index (χ4n) is 7.53. The summed E-state index contributed by atoms with van der Waals surface area (Å²) in [6.07, 6.45) is 23.6. The number of fused-ring (bicyclic) bond motifs is 3. The normalized spacial score (nSPS) is 11.9. The molecule has 56 heavy (non-hydrogen) atoms. The van der Waals surface area contributed by atoms with Crippen LogP contribution in [-0.2, 0) is 15.7 Å². The number of ether oxygens (including phenoxy) is 1. The lowest BCUT2D eigenvalue weighted by atomic mass is 10.0. The van der Waals surface area contributed by atoms with Crippen molar-refractivity contribution < 1.29 is 14.1 Å². The van der Waals surface area contributed by atoms with Gasteiger partial charge in [-0.2, -0.15) is 0 Å². The lowest BCUT2D eigenvalue weighted by molar-refractivity contribution is 0.146. The molecule has 0 saturated heterocycles. The second-order valence-electron chi connectivity index (χ2n) is 15.4. The summed E-state index contributed by atoms with van der Waals surface area (Å²) < 4.78 is 20.8. The Kier molecular flexibility index (Phi) is 18.9. The van der Waals surface area contributed by atoms with Gasteiger partial charge in [-0.15, -0.1) is 0 Å². The molecule has 2 aromatic carbocycles. The van der Waals surface area contributed by atoms with Crippen LogP contribution >= 0.6 is 7.14 Å². The summed E-state index contributed by atoms with van der Waals surface area (Å²) in [4.78, 5) is 47.6. The van der Waals surface area contributed by atoms with Gasteiger partial charge in [-0.3, -0.25) is 9.59 Å². The Morgan fingerprint density at radius 1 is 0.714 bits per heavy atom. The number of carbonyl (C=O) groups excluding carboxylic acids is 1. The Morgan fingerprint density at radius 2 is 1.23 bits per heavy atom. The Hall–Kier alpha value is -3.72. The first-order chi connectivity index (χ1) is 27.2. The van der Waals surface area contributed by atoms with E-state index in [2.05, 4.69) is 29.5 Å². The zero-order valence-corrected chi connectivity index (χ0v) is 35.7. The molecule has 0 unspecified atom stereocenters. The lowest BCUT2D eigenvalue weighted by Gasteiger charge is -2.16. The SMILES string of the molecule is CCCCCCCCCCCCCCCCCNc1c(NCCCCOC(=O)n2c(CCCC)nc3c(N)nc4cc(P(=O)(CC)CC)ccc4c32)c(=O)c1=O. The number of pyridine rings is 1. The zero-order valence-electron chi connectivity index (χ0n) is 34.8. The third-order valence-corrected chi connectivity index (χ3v) is 14.4. The highest BCUT2D eigenvalue weighted by Gasteiger charge is 2.25. The number of imidazole rings is 1. The molecule has 0 aliphatic heterocycles. The van der Waals surface area contributed by atoms with Crippen molar-refractivity contribution in [3.63, 3.8) is 0 Å². The average Bonchev–Trinajstić information content (AvgIpc) is 3.61. The van der Waals surface area contributed by atoms with E-state index < -0.39 is 24.1 Å². The van der Waals surface area contributed by atoms with Crippen LogP contribution in [0.1, 0.15) is 156 Å². The van der Waals surface area contributed by atoms with Gasteiger partial charge < -0.3 is 25.7 Å². The van der Waals surface area contributed by atoms with Crippen molar-refractivity contribution in [1.82, 2.24) is 14.5 Å². The number of hydrogen-bond acceptors (Lipinski definition) is 10. The van der Waals surface area contributed by atoms with Gasteiger partial charge in [-0.05, 0) is 37.8 Å². The topological polar surface area (TPSA) is 158 Å². The number of benzene rings is 1. The molecule has 0 spiro atoms. The quantitative estimate of drug-likeness (QED) is 0.0274. The first kappa shape index (κ1) is 45.0. The van der Waals surface area contributed by atoms with Crippen LogP contribution in [0.25, 0.3) is 21.9 Å². The fraction of sp³-hybridized carbons (Fsp3) is 0.659. The number of nitrogens with two attached hydrogens (primary N) is 1. The van der Waals surface area contributed by atoms with Crippen molar-refractivity contribution in [2.75, 3.05) is 48.4 Å². The molecule has 0 fully saturated rings. The third-order valence-electron chi connectivity index (χ3n) is 11.2. The van der Waals surface area contributed by atoms with Gasteiger partial charge in [0.15, 0.2) is 5.82 Å². The van der Waals surface area contributed by atoms with E-state index in [1.54, 1.807) is 0 Å². The summed E-state index contributed by atoms with van der Waals surface area (Å²) in [5, 5.41) is 7.76. The van der Waals surface area contributed by atoms with Crippen LogP contribution in [0.15, 0.2) is 27.8 Å². The lowest BCUT2D eigenvalue weighted by Crippen LogP contribution is -2.37. The number of aryl methyl sites for hydroxylation is 1. The predicted molar refractivity (Wildman–Crippen MR) is 236 cm³/mol. The number of nitrogens with zero attached hydrogens (tertiary/aromatic N) is 3. The Morgan fingerprint density at radius 3 is 1.77 bits per heavy atom. The molecule has 2 aromatic heterocycles. The number of rotatable bonds is 29. The number of aromatic nitrogens is 3. The van der Waals surface area contributed by atoms with Crippen LogP contribution in [0, 0.1) is 0 Å². The van der Waals surface area contributed by atoms with Crippen molar-refractivity contribution in [3.8, 4) is 0 Å². The molecule has 4 N–H and O–H groups in total. The molecular weight excluding hydrogens is 723 g/mol. The van der Waals surface area contributed by atoms with Crippen molar-refractivity contribution >= 4 is 57.7 Å². The monoisotopic (exact) mass is 793 g/mol. The maximum atomic E-state index is 13.7. The van der Waals surface area contributed by atoms with Gasteiger partial charge in [0, 0.05) is 42.5 Å². The number of nitrogen functional groups attached to an aromatic ring is 1. The van der Waals surface area contributed by atoms with Crippen LogP contribution in [0.5, 0.6) is 0 Å². The van der Waals surface area contributed by atoms with Crippen molar-refractivity contribution in [1.29, 1.82) is 0 Å². The molecule has 0 saturated carbocycles. The van der Waals surface area contributed by atoms with E-state index in [9.17, 15) is 18.9 Å². The maximum Gasteiger partial charge on any atom is 0.420 e. The van der Waals surface area contributed by atoms with Crippen LogP contribution in [0.3, 0.4) is 0 Å². The number of hydrogen-bond donors (Lipinski definition) is 3. The molecule has 2 heterocycles. The van der Waals surface area contributed by atoms with E-state index in [4.69, 9.17) is 15.5 Å². The Balaban J connectivity index is 1.19. The van der Waals surface area contributed by atoms with Crippen molar-refractivity contribution in [2.45, 2.75) is 156 Å². The number of unbranched alkanes of at least 4 members (excludes halogenated alkanes) is 16. The second-order valence-corrected chi connectivity index (χ2v) is 19.0. The van der Waals surface area contributed by atoms with Crippen LogP contribution in [0.2, 0.25) is 0 Å². The summed E-state index contributed by atoms with van der Waals surface area (Å²) in [5.41, 5.74) is 7.76. The van der Waals surface area contributed by atoms with Gasteiger partial charge in [0.1, 0.15) is 29.9 Å². The standard InChI is InChI=1S/C44H69N6O5P/c1-5-9-11-12-13-14-15-16-17-18-19-20-21-22-23-29-46-37-38(42(52)41(37)51)47-30-24-25-31-55-44(53)50-36(26-10-6-2)49-39-40(50)34-28-27-33(56(54,7-3)8-4)32-35(34)48-43(39)45/h27-28,32,46-47H,5-26,29-31H2,1-4H3,(H2,45,48). The largest absolute Gasteiger partial charge is 0.449 e. The smallest absolute Gasteiger partial charge is 0.420 e. The highest BCUT2D eigenvalue weighted by atomic mass is 31.2. The summed E-state index contributed by atoms with van der Waals surface area (Å²) >= 11 is 0. The Bertz CT molecular complexity index is 1940.